The van der Waals surface area contributed by atoms with Crippen molar-refractivity contribution >= 4 is 22.0 Å². The minimum Gasteiger partial charge on any atom is -0.493 e. The van der Waals surface area contributed by atoms with E-state index in [9.17, 15) is 18.0 Å². The number of urea groups is 1. The molecule has 3 rings (SSSR count). The molecule has 1 aliphatic heterocycles. The van der Waals surface area contributed by atoms with E-state index in [0.717, 1.165) is 25.7 Å². The van der Waals surface area contributed by atoms with Gasteiger partial charge in [-0.2, -0.15) is 4.31 Å². The molecule has 0 aromatic heterocycles. The highest BCUT2D eigenvalue weighted by Gasteiger charge is 2.30. The van der Waals surface area contributed by atoms with Gasteiger partial charge in [-0.05, 0) is 25.0 Å². The molecule has 3 amide bonds. The maximum absolute atomic E-state index is 13.0. The van der Waals surface area contributed by atoms with Crippen LogP contribution in [0.25, 0.3) is 0 Å². The zero-order valence-electron chi connectivity index (χ0n) is 18.6. The van der Waals surface area contributed by atoms with E-state index >= 15 is 0 Å². The van der Waals surface area contributed by atoms with Crippen LogP contribution in [0.15, 0.2) is 23.1 Å². The summed E-state index contributed by atoms with van der Waals surface area (Å²) in [5.41, 5.74) is 0. The van der Waals surface area contributed by atoms with E-state index in [0.29, 0.717) is 11.5 Å². The quantitative estimate of drug-likeness (QED) is 0.592. The highest BCUT2D eigenvalue weighted by atomic mass is 32.2. The van der Waals surface area contributed by atoms with Crippen LogP contribution in [0, 0.1) is 0 Å². The first kappa shape index (κ1) is 24.1. The number of sulfonamides is 1. The number of ether oxygens (including phenoxy) is 2. The predicted octanol–water partition coefficient (Wildman–Crippen LogP) is 1.17. The van der Waals surface area contributed by atoms with E-state index in [4.69, 9.17) is 9.47 Å². The van der Waals surface area contributed by atoms with Crippen molar-refractivity contribution in [1.29, 1.82) is 0 Å². The molecule has 0 bridgehead atoms. The van der Waals surface area contributed by atoms with Crippen molar-refractivity contribution in [3.8, 4) is 11.5 Å². The third kappa shape index (κ3) is 5.83. The fraction of sp³-hybridized carbons (Fsp3) is 0.619. The minimum atomic E-state index is -3.72. The van der Waals surface area contributed by atoms with Crippen LogP contribution in [0.4, 0.5) is 4.79 Å². The van der Waals surface area contributed by atoms with Crippen LogP contribution >= 0.6 is 0 Å². The van der Waals surface area contributed by atoms with E-state index in [2.05, 4.69) is 10.6 Å². The number of rotatable bonds is 8. The first-order valence-corrected chi connectivity index (χ1v) is 12.3. The molecule has 0 atom stereocenters. The second-order valence-corrected chi connectivity index (χ2v) is 9.88. The summed E-state index contributed by atoms with van der Waals surface area (Å²) in [7, 11) is -0.789. The van der Waals surface area contributed by atoms with Gasteiger partial charge in [0.2, 0.25) is 15.9 Å². The maximum Gasteiger partial charge on any atom is 0.317 e. The number of benzene rings is 1. The van der Waals surface area contributed by atoms with Gasteiger partial charge in [0.05, 0.1) is 19.1 Å². The van der Waals surface area contributed by atoms with E-state index in [1.807, 2.05) is 0 Å². The summed E-state index contributed by atoms with van der Waals surface area (Å²) in [5.74, 6) is 0.733. The van der Waals surface area contributed by atoms with Crippen molar-refractivity contribution in [2.45, 2.75) is 43.0 Å². The Morgan fingerprint density at radius 2 is 1.69 bits per heavy atom. The lowest BCUT2D eigenvalue weighted by Gasteiger charge is -2.34. The second-order valence-electron chi connectivity index (χ2n) is 7.94. The van der Waals surface area contributed by atoms with Crippen LogP contribution < -0.4 is 20.1 Å². The smallest absolute Gasteiger partial charge is 0.317 e. The first-order valence-electron chi connectivity index (χ1n) is 10.9. The predicted molar refractivity (Wildman–Crippen MR) is 118 cm³/mol. The van der Waals surface area contributed by atoms with E-state index < -0.39 is 10.0 Å². The average Bonchev–Trinajstić information content (AvgIpc) is 3.31. The van der Waals surface area contributed by atoms with Crippen LogP contribution in [-0.4, -0.2) is 82.5 Å². The largest absolute Gasteiger partial charge is 0.493 e. The van der Waals surface area contributed by atoms with Gasteiger partial charge in [-0.1, -0.05) is 12.8 Å². The number of nitrogens with one attached hydrogen (secondary N) is 2. The third-order valence-electron chi connectivity index (χ3n) is 5.87. The summed E-state index contributed by atoms with van der Waals surface area (Å²) >= 11 is 0. The van der Waals surface area contributed by atoms with Gasteiger partial charge in [-0.15, -0.1) is 0 Å². The fourth-order valence-electron chi connectivity index (χ4n) is 4.02. The number of hydrogen-bond acceptors (Lipinski definition) is 6. The number of piperazine rings is 1. The van der Waals surface area contributed by atoms with Crippen molar-refractivity contribution in [2.24, 2.45) is 0 Å². The Hall–Kier alpha value is -2.53. The lowest BCUT2D eigenvalue weighted by atomic mass is 10.2. The summed E-state index contributed by atoms with van der Waals surface area (Å²) in [6.45, 7) is 1.17. The molecule has 32 heavy (non-hydrogen) atoms. The molecule has 178 valence electrons. The Labute approximate surface area is 189 Å². The summed E-state index contributed by atoms with van der Waals surface area (Å²) in [4.78, 5) is 26.0. The Morgan fingerprint density at radius 3 is 2.31 bits per heavy atom. The second kappa shape index (κ2) is 10.9. The Morgan fingerprint density at radius 1 is 1.03 bits per heavy atom. The molecular weight excluding hydrogens is 436 g/mol. The average molecular weight is 469 g/mol. The van der Waals surface area contributed by atoms with Crippen LogP contribution in [0.3, 0.4) is 0 Å². The number of nitrogens with zero attached hydrogens (tertiary/aromatic N) is 2. The van der Waals surface area contributed by atoms with Gasteiger partial charge in [0.1, 0.15) is 0 Å². The summed E-state index contributed by atoms with van der Waals surface area (Å²) in [6.07, 6.45) is 4.57. The van der Waals surface area contributed by atoms with Gasteiger partial charge in [0.15, 0.2) is 11.5 Å². The molecule has 1 aromatic carbocycles. The number of hydrogen-bond donors (Lipinski definition) is 2. The Kier molecular flexibility index (Phi) is 8.19. The molecule has 2 aliphatic rings. The highest BCUT2D eigenvalue weighted by Crippen LogP contribution is 2.30. The monoisotopic (exact) mass is 468 g/mol. The van der Waals surface area contributed by atoms with Crippen LogP contribution in [0.2, 0.25) is 0 Å². The first-order chi connectivity index (χ1) is 15.3. The molecule has 2 fully saturated rings. The number of amides is 3. The summed E-state index contributed by atoms with van der Waals surface area (Å²) in [6, 6.07) is 4.44. The van der Waals surface area contributed by atoms with Gasteiger partial charge in [0, 0.05) is 51.3 Å². The van der Waals surface area contributed by atoms with Crippen LogP contribution in [0.1, 0.15) is 32.1 Å². The van der Waals surface area contributed by atoms with Crippen molar-refractivity contribution in [3.63, 3.8) is 0 Å². The maximum atomic E-state index is 13.0. The van der Waals surface area contributed by atoms with Gasteiger partial charge in [-0.25, -0.2) is 13.2 Å². The van der Waals surface area contributed by atoms with Gasteiger partial charge in [-0.3, -0.25) is 4.79 Å². The summed E-state index contributed by atoms with van der Waals surface area (Å²) < 4.78 is 37.7. The Bertz CT molecular complexity index is 909. The van der Waals surface area contributed by atoms with Crippen molar-refractivity contribution in [3.05, 3.63) is 18.2 Å². The molecule has 10 nitrogen and oxygen atoms in total. The normalized spacial score (nSPS) is 17.8. The number of methoxy groups -OCH3 is 2. The van der Waals surface area contributed by atoms with Crippen LogP contribution in [-0.2, 0) is 14.8 Å². The van der Waals surface area contributed by atoms with E-state index in [1.54, 1.807) is 11.0 Å². The molecule has 2 N–H and O–H groups in total. The van der Waals surface area contributed by atoms with Crippen molar-refractivity contribution in [2.75, 3.05) is 46.9 Å². The Balaban J connectivity index is 1.46. The standard InChI is InChI=1S/C21H32N4O6S/c1-30-18-8-7-17(15-19(18)31-2)32(28,29)25-13-11-24(12-14-25)21(27)22-10-9-20(26)23-16-5-3-4-6-16/h7-8,15-16H,3-6,9-14H2,1-2H3,(H,22,27)(H,23,26). The van der Waals surface area contributed by atoms with E-state index in [1.165, 1.54) is 30.7 Å². The summed E-state index contributed by atoms with van der Waals surface area (Å²) in [5, 5.41) is 5.74. The topological polar surface area (TPSA) is 117 Å². The van der Waals surface area contributed by atoms with Crippen molar-refractivity contribution < 1.29 is 27.5 Å². The molecule has 1 saturated carbocycles. The SMILES string of the molecule is COc1ccc(S(=O)(=O)N2CCN(C(=O)NCCC(=O)NC3CCCC3)CC2)cc1OC. The molecule has 0 unspecified atom stereocenters. The molecule has 1 aliphatic carbocycles. The molecule has 1 heterocycles. The fourth-order valence-corrected chi connectivity index (χ4v) is 5.46. The van der Waals surface area contributed by atoms with Crippen LogP contribution in [0.5, 0.6) is 11.5 Å². The van der Waals surface area contributed by atoms with E-state index in [-0.39, 0.29) is 62.0 Å². The van der Waals surface area contributed by atoms with Crippen molar-refractivity contribution in [1.82, 2.24) is 19.8 Å². The lowest BCUT2D eigenvalue weighted by Crippen LogP contribution is -2.53. The molecule has 0 radical (unpaired) electrons. The lowest BCUT2D eigenvalue weighted by molar-refractivity contribution is -0.121. The molecule has 0 spiro atoms. The minimum absolute atomic E-state index is 0.0527. The van der Waals surface area contributed by atoms with Gasteiger partial charge in [0.25, 0.3) is 0 Å². The van der Waals surface area contributed by atoms with Gasteiger partial charge >= 0.3 is 6.03 Å². The number of carbonyl (C=O) groups excluding carboxylic acids is 2. The van der Waals surface area contributed by atoms with Gasteiger partial charge < -0.3 is 25.0 Å². The molecule has 1 saturated heterocycles. The third-order valence-corrected chi connectivity index (χ3v) is 7.76. The molecule has 1 aromatic rings. The molecular formula is C21H32N4O6S. The highest BCUT2D eigenvalue weighted by molar-refractivity contribution is 7.89. The number of carbonyl (C=O) groups is 2. The zero-order chi connectivity index (χ0) is 23.1. The zero-order valence-corrected chi connectivity index (χ0v) is 19.4. The molecule has 11 heteroatoms.